The molecule has 1 aromatic heterocycles. The molecule has 1 aliphatic heterocycles. The van der Waals surface area contributed by atoms with Crippen LogP contribution in [0.5, 0.6) is 0 Å². The summed E-state index contributed by atoms with van der Waals surface area (Å²) in [5.74, 6) is 1.03. The van der Waals surface area contributed by atoms with Crippen molar-refractivity contribution in [2.45, 2.75) is 45.7 Å². The summed E-state index contributed by atoms with van der Waals surface area (Å²) < 4.78 is 10.2. The van der Waals surface area contributed by atoms with Crippen LogP contribution in [0.25, 0.3) is 0 Å². The molecule has 1 fully saturated rings. The molecular formula is C12H19N3O3. The molecule has 0 N–H and O–H groups in total. The number of ether oxygens (including phenoxy) is 1. The number of aromatic nitrogens is 2. The van der Waals surface area contributed by atoms with Crippen LogP contribution in [0, 0.1) is 6.92 Å². The predicted octanol–water partition coefficient (Wildman–Crippen LogP) is 1.30. The molecule has 6 nitrogen and oxygen atoms in total. The summed E-state index contributed by atoms with van der Waals surface area (Å²) in [6, 6.07) is -0.175. The first-order chi connectivity index (χ1) is 8.70. The molecule has 100 valence electrons. The molecule has 0 amide bonds. The van der Waals surface area contributed by atoms with E-state index in [1.165, 1.54) is 0 Å². The van der Waals surface area contributed by atoms with Crippen LogP contribution in [-0.2, 0) is 16.1 Å². The maximum Gasteiger partial charge on any atom is 0.323 e. The minimum atomic E-state index is -0.175. The maximum atomic E-state index is 11.9. The van der Waals surface area contributed by atoms with Crippen LogP contribution < -0.4 is 0 Å². The van der Waals surface area contributed by atoms with Gasteiger partial charge in [-0.3, -0.25) is 9.69 Å². The van der Waals surface area contributed by atoms with Crippen molar-refractivity contribution in [3.8, 4) is 0 Å². The summed E-state index contributed by atoms with van der Waals surface area (Å²) >= 11 is 0. The average Bonchev–Trinajstić information content (AvgIpc) is 2.76. The van der Waals surface area contributed by atoms with Gasteiger partial charge in [0.1, 0.15) is 6.04 Å². The monoisotopic (exact) mass is 253 g/mol. The Morgan fingerprint density at radius 2 is 2.39 bits per heavy atom. The Bertz CT molecular complexity index is 405. The van der Waals surface area contributed by atoms with Crippen molar-refractivity contribution in [3.63, 3.8) is 0 Å². The Hall–Kier alpha value is -1.43. The van der Waals surface area contributed by atoms with Gasteiger partial charge in [-0.05, 0) is 33.2 Å². The maximum absolute atomic E-state index is 11.9. The molecule has 1 atom stereocenters. The number of likely N-dealkylation sites (tertiary alicyclic amines) is 1. The molecule has 0 aromatic carbocycles. The summed E-state index contributed by atoms with van der Waals surface area (Å²) in [6.07, 6.45) is 2.98. The highest BCUT2D eigenvalue weighted by Crippen LogP contribution is 2.20. The zero-order valence-corrected chi connectivity index (χ0v) is 10.9. The lowest BCUT2D eigenvalue weighted by Gasteiger charge is -2.32. The van der Waals surface area contributed by atoms with Crippen molar-refractivity contribution in [3.05, 3.63) is 11.7 Å². The molecule has 6 heteroatoms. The molecule has 0 unspecified atom stereocenters. The van der Waals surface area contributed by atoms with Crippen molar-refractivity contribution in [2.24, 2.45) is 0 Å². The molecule has 0 bridgehead atoms. The van der Waals surface area contributed by atoms with Crippen LogP contribution in [0.2, 0.25) is 0 Å². The minimum Gasteiger partial charge on any atom is -0.465 e. The zero-order chi connectivity index (χ0) is 13.0. The second-order valence-electron chi connectivity index (χ2n) is 4.47. The number of esters is 1. The van der Waals surface area contributed by atoms with Gasteiger partial charge in [-0.25, -0.2) is 0 Å². The average molecular weight is 253 g/mol. The largest absolute Gasteiger partial charge is 0.465 e. The second-order valence-corrected chi connectivity index (χ2v) is 4.47. The lowest BCUT2D eigenvalue weighted by atomic mass is 10.0. The fourth-order valence-corrected chi connectivity index (χ4v) is 2.26. The molecule has 0 aliphatic carbocycles. The molecule has 2 rings (SSSR count). The van der Waals surface area contributed by atoms with Gasteiger partial charge in [-0.2, -0.15) is 4.98 Å². The van der Waals surface area contributed by atoms with Crippen LogP contribution in [0.3, 0.4) is 0 Å². The van der Waals surface area contributed by atoms with Gasteiger partial charge in [0.05, 0.1) is 13.2 Å². The first-order valence-corrected chi connectivity index (χ1v) is 6.40. The van der Waals surface area contributed by atoms with Crippen molar-refractivity contribution in [1.82, 2.24) is 15.0 Å². The third-order valence-corrected chi connectivity index (χ3v) is 3.08. The Kier molecular flexibility index (Phi) is 4.30. The summed E-state index contributed by atoms with van der Waals surface area (Å²) in [5.41, 5.74) is 0. The Morgan fingerprint density at radius 3 is 3.06 bits per heavy atom. The molecule has 1 saturated heterocycles. The van der Waals surface area contributed by atoms with Crippen LogP contribution >= 0.6 is 0 Å². The molecule has 0 radical (unpaired) electrons. The van der Waals surface area contributed by atoms with E-state index < -0.39 is 0 Å². The number of rotatable bonds is 4. The number of piperidine rings is 1. The lowest BCUT2D eigenvalue weighted by molar-refractivity contribution is -0.151. The van der Waals surface area contributed by atoms with Gasteiger partial charge in [0.2, 0.25) is 5.89 Å². The van der Waals surface area contributed by atoms with Gasteiger partial charge < -0.3 is 9.26 Å². The van der Waals surface area contributed by atoms with E-state index in [0.717, 1.165) is 25.8 Å². The number of carbonyl (C=O) groups is 1. The summed E-state index contributed by atoms with van der Waals surface area (Å²) in [4.78, 5) is 18.1. The van der Waals surface area contributed by atoms with E-state index >= 15 is 0 Å². The predicted molar refractivity (Wildman–Crippen MR) is 63.7 cm³/mol. The van der Waals surface area contributed by atoms with Gasteiger partial charge in [0.15, 0.2) is 5.82 Å². The third-order valence-electron chi connectivity index (χ3n) is 3.08. The standard InChI is InChI=1S/C12H19N3O3/c1-3-17-12(16)10-6-4-5-7-15(10)8-11-13-9(2)14-18-11/h10H,3-8H2,1-2H3/t10-/m0/s1. The number of hydrogen-bond acceptors (Lipinski definition) is 6. The number of aryl methyl sites for hydroxylation is 1. The first kappa shape index (κ1) is 13.0. The van der Waals surface area contributed by atoms with Crippen LogP contribution in [-0.4, -0.2) is 40.2 Å². The van der Waals surface area contributed by atoms with Crippen molar-refractivity contribution < 1.29 is 14.1 Å². The molecular weight excluding hydrogens is 234 g/mol. The van der Waals surface area contributed by atoms with Crippen LogP contribution in [0.1, 0.15) is 37.9 Å². The van der Waals surface area contributed by atoms with E-state index in [2.05, 4.69) is 15.0 Å². The van der Waals surface area contributed by atoms with Gasteiger partial charge in [0.25, 0.3) is 0 Å². The van der Waals surface area contributed by atoms with Crippen molar-refractivity contribution in [1.29, 1.82) is 0 Å². The summed E-state index contributed by atoms with van der Waals surface area (Å²) in [7, 11) is 0. The fourth-order valence-electron chi connectivity index (χ4n) is 2.26. The Labute approximate surface area is 106 Å². The van der Waals surface area contributed by atoms with Crippen molar-refractivity contribution >= 4 is 5.97 Å². The smallest absolute Gasteiger partial charge is 0.323 e. The third kappa shape index (κ3) is 3.07. The molecule has 2 heterocycles. The highest BCUT2D eigenvalue weighted by atomic mass is 16.5. The van der Waals surface area contributed by atoms with Gasteiger partial charge in [-0.15, -0.1) is 0 Å². The lowest BCUT2D eigenvalue weighted by Crippen LogP contribution is -2.45. The fraction of sp³-hybridized carbons (Fsp3) is 0.750. The number of nitrogens with zero attached hydrogens (tertiary/aromatic N) is 3. The highest BCUT2D eigenvalue weighted by molar-refractivity contribution is 5.75. The van der Waals surface area contributed by atoms with E-state index in [0.29, 0.717) is 24.9 Å². The molecule has 0 saturated carbocycles. The zero-order valence-electron chi connectivity index (χ0n) is 10.9. The van der Waals surface area contributed by atoms with E-state index in [4.69, 9.17) is 9.26 Å². The molecule has 1 aliphatic rings. The number of hydrogen-bond donors (Lipinski definition) is 0. The van der Waals surface area contributed by atoms with Gasteiger partial charge >= 0.3 is 5.97 Å². The topological polar surface area (TPSA) is 68.5 Å². The summed E-state index contributed by atoms with van der Waals surface area (Å²) in [6.45, 7) is 5.41. The van der Waals surface area contributed by atoms with Gasteiger partial charge in [-0.1, -0.05) is 11.6 Å². The highest BCUT2D eigenvalue weighted by Gasteiger charge is 2.30. The van der Waals surface area contributed by atoms with Crippen LogP contribution in [0.15, 0.2) is 4.52 Å². The SMILES string of the molecule is CCOC(=O)[C@@H]1CCCCN1Cc1nc(C)no1. The molecule has 0 spiro atoms. The first-order valence-electron chi connectivity index (χ1n) is 6.40. The minimum absolute atomic E-state index is 0.145. The van der Waals surface area contributed by atoms with Crippen molar-refractivity contribution in [2.75, 3.05) is 13.2 Å². The Balaban J connectivity index is 2.01. The van der Waals surface area contributed by atoms with E-state index in [-0.39, 0.29) is 12.0 Å². The quantitative estimate of drug-likeness (QED) is 0.753. The Morgan fingerprint density at radius 1 is 1.56 bits per heavy atom. The van der Waals surface area contributed by atoms with E-state index in [1.807, 2.05) is 6.92 Å². The molecule has 1 aromatic rings. The second kappa shape index (κ2) is 5.95. The van der Waals surface area contributed by atoms with Crippen LogP contribution in [0.4, 0.5) is 0 Å². The van der Waals surface area contributed by atoms with E-state index in [1.54, 1.807) is 6.92 Å². The number of carbonyl (C=O) groups excluding carboxylic acids is 1. The summed E-state index contributed by atoms with van der Waals surface area (Å²) in [5, 5.41) is 3.76. The van der Waals surface area contributed by atoms with Gasteiger partial charge in [0, 0.05) is 0 Å². The normalized spacial score (nSPS) is 20.9. The molecule has 18 heavy (non-hydrogen) atoms. The van der Waals surface area contributed by atoms with E-state index in [9.17, 15) is 4.79 Å².